The van der Waals surface area contributed by atoms with Crippen molar-refractivity contribution in [3.63, 3.8) is 0 Å². The van der Waals surface area contributed by atoms with Gasteiger partial charge < -0.3 is 5.32 Å². The number of thioether (sulfide) groups is 1. The van der Waals surface area contributed by atoms with Crippen LogP contribution in [-0.2, 0) is 4.79 Å². The fraction of sp³-hybridized carbons (Fsp3) is 0.261. The Hall–Kier alpha value is -2.66. The Bertz CT molecular complexity index is 951. The lowest BCUT2D eigenvalue weighted by molar-refractivity contribution is -0.113. The highest BCUT2D eigenvalue weighted by Gasteiger charge is 2.07. The minimum atomic E-state index is -0.0534. The number of nitrogens with zero attached hydrogens (tertiary/aromatic N) is 2. The van der Waals surface area contributed by atoms with Crippen molar-refractivity contribution in [1.82, 2.24) is 10.2 Å². The van der Waals surface area contributed by atoms with E-state index in [0.29, 0.717) is 11.7 Å². The summed E-state index contributed by atoms with van der Waals surface area (Å²) >= 11 is 1.38. The Morgan fingerprint density at radius 3 is 2.32 bits per heavy atom. The summed E-state index contributed by atoms with van der Waals surface area (Å²) in [4.78, 5) is 12.2. The van der Waals surface area contributed by atoms with E-state index in [-0.39, 0.29) is 5.91 Å². The maximum atomic E-state index is 12.2. The molecular formula is C23H25N3OS. The Morgan fingerprint density at radius 1 is 0.964 bits per heavy atom. The van der Waals surface area contributed by atoms with Gasteiger partial charge in [0, 0.05) is 11.3 Å². The molecule has 144 valence electrons. The van der Waals surface area contributed by atoms with E-state index in [0.717, 1.165) is 22.0 Å². The summed E-state index contributed by atoms with van der Waals surface area (Å²) in [6, 6.07) is 18.1. The summed E-state index contributed by atoms with van der Waals surface area (Å²) in [5, 5.41) is 12.2. The number of benzene rings is 2. The molecule has 0 aliphatic carbocycles. The Labute approximate surface area is 170 Å². The van der Waals surface area contributed by atoms with E-state index in [1.165, 1.54) is 28.5 Å². The molecule has 0 bridgehead atoms. The van der Waals surface area contributed by atoms with Crippen LogP contribution in [0.4, 0.5) is 5.69 Å². The third-order valence-electron chi connectivity index (χ3n) is 4.66. The van der Waals surface area contributed by atoms with Crippen LogP contribution >= 0.6 is 11.8 Å². The SMILES string of the molecule is Cc1ccc(-c2ccc(SCC(=O)Nc3ccc(C(C)C)cc3)nn2)cc1C. The van der Waals surface area contributed by atoms with Gasteiger partial charge in [-0.3, -0.25) is 4.79 Å². The van der Waals surface area contributed by atoms with Crippen molar-refractivity contribution in [2.75, 3.05) is 11.1 Å². The van der Waals surface area contributed by atoms with E-state index < -0.39 is 0 Å². The van der Waals surface area contributed by atoms with Crippen molar-refractivity contribution in [2.24, 2.45) is 0 Å². The van der Waals surface area contributed by atoms with Gasteiger partial charge in [0.05, 0.1) is 11.4 Å². The van der Waals surface area contributed by atoms with Gasteiger partial charge in [-0.15, -0.1) is 10.2 Å². The van der Waals surface area contributed by atoms with Crippen molar-refractivity contribution >= 4 is 23.4 Å². The van der Waals surface area contributed by atoms with Gasteiger partial charge in [0.15, 0.2) is 0 Å². The molecular weight excluding hydrogens is 366 g/mol. The molecule has 0 atom stereocenters. The number of aromatic nitrogens is 2. The van der Waals surface area contributed by atoms with Crippen molar-refractivity contribution in [3.05, 3.63) is 71.3 Å². The number of carbonyl (C=O) groups excluding carboxylic acids is 1. The Morgan fingerprint density at radius 2 is 1.71 bits per heavy atom. The number of nitrogens with one attached hydrogen (secondary N) is 1. The predicted molar refractivity (Wildman–Crippen MR) is 117 cm³/mol. The second-order valence-electron chi connectivity index (χ2n) is 7.17. The lowest BCUT2D eigenvalue weighted by Gasteiger charge is -2.08. The predicted octanol–water partition coefficient (Wildman–Crippen LogP) is 5.61. The number of amides is 1. The van der Waals surface area contributed by atoms with Gasteiger partial charge in [-0.1, -0.05) is 49.9 Å². The van der Waals surface area contributed by atoms with Crippen molar-refractivity contribution < 1.29 is 4.79 Å². The molecule has 1 aromatic heterocycles. The van der Waals surface area contributed by atoms with Gasteiger partial charge in [0.1, 0.15) is 5.03 Å². The van der Waals surface area contributed by atoms with E-state index in [2.05, 4.69) is 61.4 Å². The van der Waals surface area contributed by atoms with Crippen LogP contribution in [0.5, 0.6) is 0 Å². The number of anilines is 1. The van der Waals surface area contributed by atoms with Gasteiger partial charge in [0.2, 0.25) is 5.91 Å². The van der Waals surface area contributed by atoms with Crippen LogP contribution in [-0.4, -0.2) is 21.9 Å². The van der Waals surface area contributed by atoms with Crippen molar-refractivity contribution in [1.29, 1.82) is 0 Å². The molecule has 1 amide bonds. The normalized spacial score (nSPS) is 10.9. The number of carbonyl (C=O) groups is 1. The lowest BCUT2D eigenvalue weighted by Crippen LogP contribution is -2.14. The fourth-order valence-corrected chi connectivity index (χ4v) is 3.35. The van der Waals surface area contributed by atoms with Gasteiger partial charge >= 0.3 is 0 Å². The third-order valence-corrected chi connectivity index (χ3v) is 5.58. The summed E-state index contributed by atoms with van der Waals surface area (Å²) in [6.45, 7) is 8.48. The first-order chi connectivity index (χ1) is 13.4. The largest absolute Gasteiger partial charge is 0.325 e. The molecule has 0 radical (unpaired) electrons. The molecule has 1 N–H and O–H groups in total. The summed E-state index contributed by atoms with van der Waals surface area (Å²) in [5.41, 5.74) is 6.44. The fourth-order valence-electron chi connectivity index (χ4n) is 2.74. The van der Waals surface area contributed by atoms with E-state index >= 15 is 0 Å². The summed E-state index contributed by atoms with van der Waals surface area (Å²) < 4.78 is 0. The quantitative estimate of drug-likeness (QED) is 0.555. The smallest absolute Gasteiger partial charge is 0.234 e. The van der Waals surface area contributed by atoms with Crippen LogP contribution in [0.2, 0.25) is 0 Å². The molecule has 0 spiro atoms. The number of aryl methyl sites for hydroxylation is 2. The minimum absolute atomic E-state index is 0.0534. The van der Waals surface area contributed by atoms with Gasteiger partial charge in [-0.2, -0.15) is 0 Å². The first-order valence-electron chi connectivity index (χ1n) is 9.36. The van der Waals surface area contributed by atoms with Crippen LogP contribution in [0.3, 0.4) is 0 Å². The molecule has 3 rings (SSSR count). The maximum Gasteiger partial charge on any atom is 0.234 e. The van der Waals surface area contributed by atoms with Crippen LogP contribution in [0.15, 0.2) is 59.6 Å². The number of rotatable bonds is 6. The molecule has 2 aromatic carbocycles. The second-order valence-corrected chi connectivity index (χ2v) is 8.17. The Kier molecular flexibility index (Phi) is 6.47. The first kappa shape index (κ1) is 20.1. The van der Waals surface area contributed by atoms with E-state index in [1.807, 2.05) is 36.4 Å². The lowest BCUT2D eigenvalue weighted by atomic mass is 10.0. The average molecular weight is 392 g/mol. The molecule has 0 saturated carbocycles. The second kappa shape index (κ2) is 9.02. The molecule has 0 aliphatic rings. The van der Waals surface area contributed by atoms with Crippen LogP contribution in [0, 0.1) is 13.8 Å². The average Bonchev–Trinajstić information content (AvgIpc) is 2.69. The van der Waals surface area contributed by atoms with Crippen molar-refractivity contribution in [2.45, 2.75) is 38.6 Å². The zero-order chi connectivity index (χ0) is 20.1. The molecule has 0 unspecified atom stereocenters. The Balaban J connectivity index is 1.55. The van der Waals surface area contributed by atoms with E-state index in [1.54, 1.807) is 0 Å². The van der Waals surface area contributed by atoms with Gasteiger partial charge in [-0.05, 0) is 66.8 Å². The highest BCUT2D eigenvalue weighted by atomic mass is 32.2. The summed E-state index contributed by atoms with van der Waals surface area (Å²) in [7, 11) is 0. The zero-order valence-corrected chi connectivity index (χ0v) is 17.5. The number of hydrogen-bond acceptors (Lipinski definition) is 4. The van der Waals surface area contributed by atoms with Crippen LogP contribution in [0.1, 0.15) is 36.5 Å². The highest BCUT2D eigenvalue weighted by molar-refractivity contribution is 7.99. The van der Waals surface area contributed by atoms with Gasteiger partial charge in [0.25, 0.3) is 0 Å². The van der Waals surface area contributed by atoms with Crippen LogP contribution in [0.25, 0.3) is 11.3 Å². The zero-order valence-electron chi connectivity index (χ0n) is 16.7. The molecule has 0 fully saturated rings. The molecule has 5 heteroatoms. The molecule has 3 aromatic rings. The highest BCUT2D eigenvalue weighted by Crippen LogP contribution is 2.22. The molecule has 1 heterocycles. The molecule has 0 aliphatic heterocycles. The molecule has 28 heavy (non-hydrogen) atoms. The van der Waals surface area contributed by atoms with Crippen molar-refractivity contribution in [3.8, 4) is 11.3 Å². The first-order valence-corrected chi connectivity index (χ1v) is 10.3. The molecule has 0 saturated heterocycles. The topological polar surface area (TPSA) is 54.9 Å². The minimum Gasteiger partial charge on any atom is -0.325 e. The maximum absolute atomic E-state index is 12.2. The van der Waals surface area contributed by atoms with E-state index in [4.69, 9.17) is 0 Å². The third kappa shape index (κ3) is 5.20. The molecule has 4 nitrogen and oxygen atoms in total. The van der Waals surface area contributed by atoms with Crippen LogP contribution < -0.4 is 5.32 Å². The standard InChI is InChI=1S/C23H25N3OS/c1-15(2)18-7-9-20(10-8-18)24-22(27)14-28-23-12-11-21(25-26-23)19-6-5-16(3)17(4)13-19/h5-13,15H,14H2,1-4H3,(H,24,27). The monoisotopic (exact) mass is 391 g/mol. The summed E-state index contributed by atoms with van der Waals surface area (Å²) in [6.07, 6.45) is 0. The summed E-state index contributed by atoms with van der Waals surface area (Å²) in [5.74, 6) is 0.719. The van der Waals surface area contributed by atoms with E-state index in [9.17, 15) is 4.79 Å². The van der Waals surface area contributed by atoms with Gasteiger partial charge in [-0.25, -0.2) is 0 Å². The number of hydrogen-bond donors (Lipinski definition) is 1.